The Morgan fingerprint density at radius 2 is 2.12 bits per heavy atom. The Morgan fingerprint density at radius 3 is 2.76 bits per heavy atom. The van der Waals surface area contributed by atoms with Crippen molar-refractivity contribution >= 4 is 23.1 Å². The van der Waals surface area contributed by atoms with Crippen molar-refractivity contribution in [2.45, 2.75) is 0 Å². The third-order valence-corrected chi connectivity index (χ3v) is 3.13. The van der Waals surface area contributed by atoms with Crippen LogP contribution in [-0.4, -0.2) is 43.5 Å². The van der Waals surface area contributed by atoms with Crippen LogP contribution in [-0.2, 0) is 4.74 Å². The number of ether oxygens (including phenoxy) is 1. The highest BCUT2D eigenvalue weighted by Gasteiger charge is 2.15. The molecule has 4 nitrogen and oxygen atoms in total. The van der Waals surface area contributed by atoms with Crippen molar-refractivity contribution in [2.24, 2.45) is 0 Å². The second-order valence-corrected chi connectivity index (χ2v) is 4.46. The predicted molar refractivity (Wildman–Crippen MR) is 67.5 cm³/mol. The molecular formula is C12H15ClN2O2. The minimum atomic E-state index is 0.0651. The number of nitrogen functional groups attached to an aromatic ring is 1. The number of nitrogens with two attached hydrogens (primary N) is 1. The van der Waals surface area contributed by atoms with Crippen LogP contribution < -0.4 is 5.73 Å². The zero-order chi connectivity index (χ0) is 12.3. The fourth-order valence-corrected chi connectivity index (χ4v) is 1.89. The molecule has 1 fully saturated rings. The average molecular weight is 255 g/mol. The molecule has 0 unspecified atom stereocenters. The van der Waals surface area contributed by atoms with Crippen LogP contribution in [0.1, 0.15) is 10.4 Å². The number of Topliss-reactive ketones (excluding diaryl/α,β-unsaturated/α-hetero) is 1. The van der Waals surface area contributed by atoms with Crippen LogP contribution in [0.4, 0.5) is 5.69 Å². The number of carbonyl (C=O) groups is 1. The molecule has 1 saturated heterocycles. The van der Waals surface area contributed by atoms with E-state index in [1.54, 1.807) is 18.2 Å². The van der Waals surface area contributed by atoms with Crippen LogP contribution in [0.2, 0.25) is 5.02 Å². The number of hydrogen-bond acceptors (Lipinski definition) is 4. The van der Waals surface area contributed by atoms with Crippen molar-refractivity contribution < 1.29 is 9.53 Å². The van der Waals surface area contributed by atoms with Crippen molar-refractivity contribution in [1.29, 1.82) is 0 Å². The van der Waals surface area contributed by atoms with E-state index in [1.807, 2.05) is 0 Å². The Kier molecular flexibility index (Phi) is 3.99. The van der Waals surface area contributed by atoms with Gasteiger partial charge in [0.25, 0.3) is 0 Å². The van der Waals surface area contributed by atoms with Crippen molar-refractivity contribution in [3.05, 3.63) is 28.8 Å². The first-order valence-electron chi connectivity index (χ1n) is 5.55. The lowest BCUT2D eigenvalue weighted by Crippen LogP contribution is -2.39. The van der Waals surface area contributed by atoms with Gasteiger partial charge in [0.2, 0.25) is 0 Å². The van der Waals surface area contributed by atoms with Crippen molar-refractivity contribution in [2.75, 3.05) is 38.6 Å². The first-order chi connectivity index (χ1) is 8.16. The number of morpholine rings is 1. The topological polar surface area (TPSA) is 55.6 Å². The Bertz CT molecular complexity index is 417. The SMILES string of the molecule is Nc1cc(C(=O)CN2CCOCC2)ccc1Cl. The van der Waals surface area contributed by atoms with E-state index in [9.17, 15) is 4.79 Å². The van der Waals surface area contributed by atoms with E-state index >= 15 is 0 Å². The van der Waals surface area contributed by atoms with Gasteiger partial charge in [-0.15, -0.1) is 0 Å². The smallest absolute Gasteiger partial charge is 0.176 e. The van der Waals surface area contributed by atoms with Crippen LogP contribution >= 0.6 is 11.6 Å². The largest absolute Gasteiger partial charge is 0.398 e. The van der Waals surface area contributed by atoms with E-state index in [-0.39, 0.29) is 5.78 Å². The maximum absolute atomic E-state index is 12.0. The summed E-state index contributed by atoms with van der Waals surface area (Å²) in [6.45, 7) is 3.39. The van der Waals surface area contributed by atoms with Crippen LogP contribution in [0.15, 0.2) is 18.2 Å². The highest BCUT2D eigenvalue weighted by atomic mass is 35.5. The molecule has 1 aliphatic rings. The molecule has 17 heavy (non-hydrogen) atoms. The van der Waals surface area contributed by atoms with Gasteiger partial charge in [0.1, 0.15) is 0 Å². The normalized spacial score (nSPS) is 17.0. The quantitative estimate of drug-likeness (QED) is 0.655. The molecule has 5 heteroatoms. The molecule has 0 bridgehead atoms. The molecule has 0 amide bonds. The summed E-state index contributed by atoms with van der Waals surface area (Å²) >= 11 is 5.81. The number of ketones is 1. The molecule has 0 aromatic heterocycles. The fraction of sp³-hybridized carbons (Fsp3) is 0.417. The lowest BCUT2D eigenvalue weighted by Gasteiger charge is -2.25. The molecule has 0 radical (unpaired) electrons. The van der Waals surface area contributed by atoms with E-state index in [0.29, 0.717) is 36.0 Å². The van der Waals surface area contributed by atoms with Crippen LogP contribution in [0.3, 0.4) is 0 Å². The summed E-state index contributed by atoms with van der Waals surface area (Å²) in [7, 11) is 0. The number of nitrogens with zero attached hydrogens (tertiary/aromatic N) is 1. The van der Waals surface area contributed by atoms with E-state index in [2.05, 4.69) is 4.90 Å². The average Bonchev–Trinajstić information content (AvgIpc) is 2.34. The third-order valence-electron chi connectivity index (χ3n) is 2.79. The molecule has 0 aliphatic carbocycles. The minimum absolute atomic E-state index is 0.0651. The second-order valence-electron chi connectivity index (χ2n) is 4.05. The maximum Gasteiger partial charge on any atom is 0.176 e. The lowest BCUT2D eigenvalue weighted by molar-refractivity contribution is 0.0371. The van der Waals surface area contributed by atoms with E-state index in [1.165, 1.54) is 0 Å². The summed E-state index contributed by atoms with van der Waals surface area (Å²) in [5.74, 6) is 0.0651. The van der Waals surface area contributed by atoms with Gasteiger partial charge in [-0.25, -0.2) is 0 Å². The van der Waals surface area contributed by atoms with Gasteiger partial charge in [-0.05, 0) is 18.2 Å². The summed E-state index contributed by atoms with van der Waals surface area (Å²) in [6, 6.07) is 5.00. The van der Waals surface area contributed by atoms with Crippen molar-refractivity contribution in [1.82, 2.24) is 4.90 Å². The van der Waals surface area contributed by atoms with Crippen LogP contribution in [0.25, 0.3) is 0 Å². The maximum atomic E-state index is 12.0. The standard InChI is InChI=1S/C12H15ClN2O2/c13-10-2-1-9(7-11(10)14)12(16)8-15-3-5-17-6-4-15/h1-2,7H,3-6,8,14H2. The highest BCUT2D eigenvalue weighted by molar-refractivity contribution is 6.33. The molecular weight excluding hydrogens is 240 g/mol. The third kappa shape index (κ3) is 3.19. The number of hydrogen-bond donors (Lipinski definition) is 1. The van der Waals surface area contributed by atoms with Gasteiger partial charge >= 0.3 is 0 Å². The molecule has 0 saturated carbocycles. The first-order valence-corrected chi connectivity index (χ1v) is 5.93. The number of anilines is 1. The van der Waals surface area contributed by atoms with Crippen LogP contribution in [0.5, 0.6) is 0 Å². The van der Waals surface area contributed by atoms with E-state index in [4.69, 9.17) is 22.1 Å². The Morgan fingerprint density at radius 1 is 1.41 bits per heavy atom. The Hall–Kier alpha value is -1.10. The summed E-state index contributed by atoms with van der Waals surface area (Å²) < 4.78 is 5.23. The van der Waals surface area contributed by atoms with Gasteiger partial charge in [0.15, 0.2) is 5.78 Å². The molecule has 1 heterocycles. The molecule has 2 rings (SSSR count). The van der Waals surface area contributed by atoms with Crippen LogP contribution in [0, 0.1) is 0 Å². The first kappa shape index (κ1) is 12.4. The molecule has 0 spiro atoms. The molecule has 92 valence electrons. The van der Waals surface area contributed by atoms with Gasteiger partial charge in [-0.1, -0.05) is 11.6 Å². The lowest BCUT2D eigenvalue weighted by atomic mass is 10.1. The van der Waals surface area contributed by atoms with Gasteiger partial charge in [-0.2, -0.15) is 0 Å². The van der Waals surface area contributed by atoms with E-state index < -0.39 is 0 Å². The fourth-order valence-electron chi connectivity index (χ4n) is 1.77. The summed E-state index contributed by atoms with van der Waals surface area (Å²) in [6.07, 6.45) is 0. The summed E-state index contributed by atoms with van der Waals surface area (Å²) in [5, 5.41) is 0.480. The Balaban J connectivity index is 2.01. The van der Waals surface area contributed by atoms with Gasteiger partial charge in [-0.3, -0.25) is 9.69 Å². The molecule has 1 aromatic carbocycles. The van der Waals surface area contributed by atoms with Crippen molar-refractivity contribution in [3.63, 3.8) is 0 Å². The minimum Gasteiger partial charge on any atom is -0.398 e. The zero-order valence-corrected chi connectivity index (χ0v) is 10.2. The predicted octanol–water partition coefficient (Wildman–Crippen LogP) is 1.44. The molecule has 1 aliphatic heterocycles. The van der Waals surface area contributed by atoms with Gasteiger partial charge < -0.3 is 10.5 Å². The summed E-state index contributed by atoms with van der Waals surface area (Å²) in [4.78, 5) is 14.1. The van der Waals surface area contributed by atoms with E-state index in [0.717, 1.165) is 13.1 Å². The molecule has 1 aromatic rings. The zero-order valence-electron chi connectivity index (χ0n) is 9.49. The number of halogens is 1. The second kappa shape index (κ2) is 5.49. The molecule has 2 N–H and O–H groups in total. The number of benzene rings is 1. The monoisotopic (exact) mass is 254 g/mol. The van der Waals surface area contributed by atoms with Gasteiger partial charge in [0.05, 0.1) is 30.5 Å². The number of rotatable bonds is 3. The summed E-state index contributed by atoms with van der Waals surface area (Å²) in [5.41, 5.74) is 6.73. The van der Waals surface area contributed by atoms with Gasteiger partial charge in [0, 0.05) is 18.7 Å². The van der Waals surface area contributed by atoms with Crippen molar-refractivity contribution in [3.8, 4) is 0 Å². The molecule has 0 atom stereocenters. The number of carbonyl (C=O) groups excluding carboxylic acids is 1. The Labute approximate surface area is 105 Å². The highest BCUT2D eigenvalue weighted by Crippen LogP contribution is 2.19.